The topological polar surface area (TPSA) is 46.5 Å². The molecular weight excluding hydrogens is 144 g/mol. The van der Waals surface area contributed by atoms with Crippen molar-refractivity contribution in [2.45, 2.75) is 0 Å². The molecular formula is C8H8O3. The van der Waals surface area contributed by atoms with E-state index in [0.717, 1.165) is 6.07 Å². The molecule has 0 atom stereocenters. The predicted molar refractivity (Wildman–Crippen MR) is 40.0 cm³/mol. The maximum absolute atomic E-state index is 10.7. The van der Waals surface area contributed by atoms with Crippen LogP contribution in [0.2, 0.25) is 0 Å². The molecule has 58 valence electrons. The van der Waals surface area contributed by atoms with Crippen molar-refractivity contribution in [3.8, 4) is 11.5 Å². The largest absolute Gasteiger partial charge is 0.504 e. The first-order valence-electron chi connectivity index (χ1n) is 4.37. The van der Waals surface area contributed by atoms with E-state index in [1.54, 1.807) is 0 Å². The zero-order valence-electron chi connectivity index (χ0n) is 8.84. The van der Waals surface area contributed by atoms with E-state index in [1.807, 2.05) is 0 Å². The van der Waals surface area contributed by atoms with Gasteiger partial charge in [0.1, 0.15) is 7.63 Å². The Labute approximate surface area is 68.4 Å². The predicted octanol–water partition coefficient (Wildman–Crippen LogP) is 1.21. The molecule has 0 bridgehead atoms. The van der Waals surface area contributed by atoms with Crippen LogP contribution in [0.25, 0.3) is 0 Å². The van der Waals surface area contributed by atoms with Gasteiger partial charge in [0.15, 0.2) is 11.5 Å². The molecule has 0 aliphatic heterocycles. The average molecular weight is 155 g/mol. The van der Waals surface area contributed by atoms with E-state index >= 15 is 0 Å². The normalized spacial score (nSPS) is 13.0. The SMILES string of the molecule is [2H]C(=O)c1cc([2H])c(O)c(OC)c1[2H]. The molecule has 0 aliphatic rings. The van der Waals surface area contributed by atoms with E-state index in [-0.39, 0.29) is 23.4 Å². The Kier molecular flexibility index (Phi) is 1.22. The molecule has 3 heteroatoms. The fourth-order valence-electron chi connectivity index (χ4n) is 0.626. The molecule has 0 saturated carbocycles. The van der Waals surface area contributed by atoms with Gasteiger partial charge < -0.3 is 9.84 Å². The summed E-state index contributed by atoms with van der Waals surface area (Å²) < 4.78 is 26.1. The molecule has 11 heavy (non-hydrogen) atoms. The minimum atomic E-state index is -1.08. The molecule has 3 nitrogen and oxygen atoms in total. The molecule has 0 heterocycles. The summed E-state index contributed by atoms with van der Waals surface area (Å²) >= 11 is 0. The summed E-state index contributed by atoms with van der Waals surface area (Å²) in [5, 5.41) is 9.28. The Morgan fingerprint density at radius 2 is 2.64 bits per heavy atom. The van der Waals surface area contributed by atoms with Crippen LogP contribution in [0.4, 0.5) is 0 Å². The summed E-state index contributed by atoms with van der Waals surface area (Å²) in [6, 6.07) is 0.254. The molecule has 1 aromatic carbocycles. The van der Waals surface area contributed by atoms with E-state index in [1.165, 1.54) is 7.11 Å². The summed E-state index contributed by atoms with van der Waals surface area (Å²) in [6.07, 6.45) is -1.08. The number of phenols is 1. The van der Waals surface area contributed by atoms with Crippen molar-refractivity contribution >= 4 is 6.26 Å². The summed E-state index contributed by atoms with van der Waals surface area (Å²) in [5.74, 6) is -0.754. The van der Waals surface area contributed by atoms with Gasteiger partial charge in [-0.05, 0) is 18.2 Å². The molecule has 1 N–H and O–H groups in total. The van der Waals surface area contributed by atoms with Gasteiger partial charge >= 0.3 is 0 Å². The van der Waals surface area contributed by atoms with E-state index in [2.05, 4.69) is 4.74 Å². The van der Waals surface area contributed by atoms with Crippen LogP contribution in [0.3, 0.4) is 0 Å². The fourth-order valence-corrected chi connectivity index (χ4v) is 0.626. The van der Waals surface area contributed by atoms with Crippen LogP contribution >= 0.6 is 0 Å². The zero-order chi connectivity index (χ0) is 10.9. The lowest BCUT2D eigenvalue weighted by Crippen LogP contribution is -1.85. The number of aromatic hydroxyl groups is 1. The smallest absolute Gasteiger partial charge is 0.161 e. The second-order valence-corrected chi connectivity index (χ2v) is 1.81. The molecule has 0 spiro atoms. The van der Waals surface area contributed by atoms with Crippen molar-refractivity contribution in [3.63, 3.8) is 0 Å². The average Bonchev–Trinajstić information content (AvgIpc) is 2.12. The molecule has 0 radical (unpaired) electrons. The minimum absolute atomic E-state index is 0.256. The molecule has 0 saturated heterocycles. The van der Waals surface area contributed by atoms with Crippen LogP contribution < -0.4 is 4.74 Å². The number of hydrogen-bond donors (Lipinski definition) is 1. The molecule has 0 unspecified atom stereocenters. The molecule has 0 fully saturated rings. The Morgan fingerprint density at radius 3 is 3.18 bits per heavy atom. The number of carbonyl (C=O) groups excluding carboxylic acids is 1. The first-order valence-corrected chi connectivity index (χ1v) is 2.87. The number of ether oxygens (including phenoxy) is 1. The van der Waals surface area contributed by atoms with Gasteiger partial charge in [-0.1, -0.05) is 0 Å². The second-order valence-electron chi connectivity index (χ2n) is 1.81. The first-order chi connectivity index (χ1) is 6.49. The number of benzene rings is 1. The van der Waals surface area contributed by atoms with E-state index < -0.39 is 12.0 Å². The minimum Gasteiger partial charge on any atom is -0.504 e. The van der Waals surface area contributed by atoms with E-state index in [9.17, 15) is 9.90 Å². The van der Waals surface area contributed by atoms with Crippen LogP contribution in [-0.2, 0) is 0 Å². The maximum Gasteiger partial charge on any atom is 0.161 e. The first kappa shape index (κ1) is 4.38. The summed E-state index contributed by atoms with van der Waals surface area (Å²) in [5.41, 5.74) is -0.260. The lowest BCUT2D eigenvalue weighted by Gasteiger charge is -2.01. The Morgan fingerprint density at radius 1 is 1.91 bits per heavy atom. The highest BCUT2D eigenvalue weighted by Crippen LogP contribution is 2.25. The lowest BCUT2D eigenvalue weighted by atomic mass is 10.2. The van der Waals surface area contributed by atoms with Crippen LogP contribution in [0, 0.1) is 0 Å². The number of carbonyl (C=O) groups is 1. The van der Waals surface area contributed by atoms with Gasteiger partial charge in [-0.15, -0.1) is 0 Å². The number of hydrogen-bond acceptors (Lipinski definition) is 3. The summed E-state index contributed by atoms with van der Waals surface area (Å²) in [6.45, 7) is 0. The van der Waals surface area contributed by atoms with Gasteiger partial charge in [-0.2, -0.15) is 0 Å². The number of phenolic OH excluding ortho intramolecular Hbond substituents is 1. The number of rotatable bonds is 2. The lowest BCUT2D eigenvalue weighted by molar-refractivity contribution is 0.112. The van der Waals surface area contributed by atoms with Crippen molar-refractivity contribution in [1.29, 1.82) is 0 Å². The standard InChI is InChI=1S/C8H8O3/c1-11-8-4-6(5-9)2-3-7(8)10/h2-5,10H,1H3/i3D,4D,5D. The third-order valence-corrected chi connectivity index (χ3v) is 1.13. The van der Waals surface area contributed by atoms with Crippen molar-refractivity contribution in [1.82, 2.24) is 0 Å². The Balaban J connectivity index is 3.50. The van der Waals surface area contributed by atoms with Crippen LogP contribution in [0.15, 0.2) is 18.2 Å². The quantitative estimate of drug-likeness (QED) is 0.653. The third kappa shape index (κ3) is 1.49. The van der Waals surface area contributed by atoms with E-state index in [0.29, 0.717) is 0 Å². The monoisotopic (exact) mass is 155 g/mol. The molecule has 0 amide bonds. The fraction of sp³-hybridized carbons (Fsp3) is 0.125. The van der Waals surface area contributed by atoms with Gasteiger partial charge in [-0.25, -0.2) is 0 Å². The Hall–Kier alpha value is -1.51. The van der Waals surface area contributed by atoms with Crippen molar-refractivity contribution < 1.29 is 18.8 Å². The summed E-state index contributed by atoms with van der Waals surface area (Å²) in [4.78, 5) is 10.7. The summed E-state index contributed by atoms with van der Waals surface area (Å²) in [7, 11) is 1.21. The van der Waals surface area contributed by atoms with Gasteiger partial charge in [0.25, 0.3) is 0 Å². The van der Waals surface area contributed by atoms with E-state index in [4.69, 9.17) is 4.11 Å². The molecule has 0 aromatic heterocycles. The highest BCUT2D eigenvalue weighted by molar-refractivity contribution is 5.76. The van der Waals surface area contributed by atoms with Crippen molar-refractivity contribution in [2.75, 3.05) is 7.11 Å². The van der Waals surface area contributed by atoms with Crippen LogP contribution in [0.5, 0.6) is 11.5 Å². The molecule has 1 aromatic rings. The Bertz CT molecular complexity index is 390. The van der Waals surface area contributed by atoms with Crippen LogP contribution in [-0.4, -0.2) is 18.5 Å². The second kappa shape index (κ2) is 3.05. The number of aldehydes is 1. The van der Waals surface area contributed by atoms with Gasteiger partial charge in [0.2, 0.25) is 0 Å². The van der Waals surface area contributed by atoms with Crippen molar-refractivity contribution in [2.24, 2.45) is 0 Å². The molecule has 0 aliphatic carbocycles. The number of methoxy groups -OCH3 is 1. The van der Waals surface area contributed by atoms with Gasteiger partial charge in [0.05, 0.1) is 9.85 Å². The van der Waals surface area contributed by atoms with Gasteiger partial charge in [-0.3, -0.25) is 4.79 Å². The third-order valence-electron chi connectivity index (χ3n) is 1.13. The van der Waals surface area contributed by atoms with Gasteiger partial charge in [0, 0.05) is 5.56 Å². The van der Waals surface area contributed by atoms with Crippen LogP contribution in [0.1, 0.15) is 14.5 Å². The maximum atomic E-state index is 10.7. The highest BCUT2D eigenvalue weighted by Gasteiger charge is 2.00. The van der Waals surface area contributed by atoms with Crippen molar-refractivity contribution in [3.05, 3.63) is 23.7 Å². The highest BCUT2D eigenvalue weighted by atomic mass is 16.5. The zero-order valence-corrected chi connectivity index (χ0v) is 5.84. The molecule has 1 rings (SSSR count).